The van der Waals surface area contributed by atoms with Gasteiger partial charge in [-0.1, -0.05) is 66.7 Å². The molecule has 3 nitrogen and oxygen atoms in total. The van der Waals surface area contributed by atoms with Crippen LogP contribution in [0.3, 0.4) is 0 Å². The van der Waals surface area contributed by atoms with E-state index >= 15 is 0 Å². The molecule has 34 heavy (non-hydrogen) atoms. The molecule has 0 fully saturated rings. The fraction of sp³-hybridized carbons (Fsp3) is 0. The highest BCUT2D eigenvalue weighted by Gasteiger charge is 2.39. The number of hydrogen-bond acceptors (Lipinski definition) is 3. The van der Waals surface area contributed by atoms with Crippen molar-refractivity contribution in [2.45, 2.75) is 0 Å². The zero-order valence-electron chi connectivity index (χ0n) is 18.3. The lowest BCUT2D eigenvalue weighted by Gasteiger charge is -2.32. The summed E-state index contributed by atoms with van der Waals surface area (Å²) < 4.78 is 18.8. The largest absolute Gasteiger partial charge is 0.458 e. The van der Waals surface area contributed by atoms with E-state index in [2.05, 4.69) is 42.5 Å². The molecule has 0 atom stereocenters. The van der Waals surface area contributed by atoms with Crippen molar-refractivity contribution < 1.29 is 14.2 Å². The number of para-hydroxylation sites is 1. The van der Waals surface area contributed by atoms with Crippen molar-refractivity contribution in [1.82, 2.24) is 0 Å². The number of hydrogen-bond donors (Lipinski definition) is 0. The highest BCUT2D eigenvalue weighted by molar-refractivity contribution is 6.98. The summed E-state index contributed by atoms with van der Waals surface area (Å²) in [6.45, 7) is 0.0269. The average Bonchev–Trinajstić information content (AvgIpc) is 2.89. The molecule has 0 radical (unpaired) electrons. The summed E-state index contributed by atoms with van der Waals surface area (Å²) in [6.07, 6.45) is 0. The van der Waals surface area contributed by atoms with E-state index in [0.29, 0.717) is 0 Å². The van der Waals surface area contributed by atoms with Gasteiger partial charge in [0.05, 0.1) is 0 Å². The minimum atomic E-state index is 0.0269. The summed E-state index contributed by atoms with van der Waals surface area (Å²) in [4.78, 5) is 0. The Hall–Kier alpha value is -4.44. The van der Waals surface area contributed by atoms with Crippen LogP contribution < -0.4 is 30.6 Å². The van der Waals surface area contributed by atoms with Crippen molar-refractivity contribution in [1.29, 1.82) is 0 Å². The molecule has 2 aliphatic rings. The van der Waals surface area contributed by atoms with Gasteiger partial charge < -0.3 is 14.2 Å². The average molecular weight is 438 g/mol. The van der Waals surface area contributed by atoms with Crippen LogP contribution in [0.15, 0.2) is 115 Å². The molecular formula is C30H19BO3. The van der Waals surface area contributed by atoms with E-state index in [-0.39, 0.29) is 6.71 Å². The van der Waals surface area contributed by atoms with Crippen molar-refractivity contribution in [3.05, 3.63) is 115 Å². The maximum Gasteiger partial charge on any atom is 0.260 e. The molecule has 4 heteroatoms. The van der Waals surface area contributed by atoms with Crippen molar-refractivity contribution in [2.24, 2.45) is 0 Å². The van der Waals surface area contributed by atoms with Gasteiger partial charge in [0, 0.05) is 5.46 Å². The Morgan fingerprint density at radius 1 is 0.471 bits per heavy atom. The van der Waals surface area contributed by atoms with Crippen LogP contribution in [0.4, 0.5) is 0 Å². The van der Waals surface area contributed by atoms with Crippen LogP contribution in [0, 0.1) is 0 Å². The zero-order valence-corrected chi connectivity index (χ0v) is 18.3. The molecule has 0 spiro atoms. The lowest BCUT2D eigenvalue weighted by atomic mass is 9.35. The quantitative estimate of drug-likeness (QED) is 0.323. The van der Waals surface area contributed by atoms with E-state index in [0.717, 1.165) is 62.0 Å². The fourth-order valence-corrected chi connectivity index (χ4v) is 4.93. The van der Waals surface area contributed by atoms with E-state index < -0.39 is 0 Å². The third-order valence-corrected chi connectivity index (χ3v) is 6.45. The zero-order chi connectivity index (χ0) is 22.5. The lowest BCUT2D eigenvalue weighted by molar-refractivity contribution is 0.460. The predicted molar refractivity (Wildman–Crippen MR) is 136 cm³/mol. The molecule has 5 aromatic carbocycles. The fourth-order valence-electron chi connectivity index (χ4n) is 4.93. The first-order valence-corrected chi connectivity index (χ1v) is 11.4. The van der Waals surface area contributed by atoms with Gasteiger partial charge in [-0.3, -0.25) is 0 Å². The Kier molecular flexibility index (Phi) is 4.24. The molecular weight excluding hydrogens is 419 g/mol. The molecule has 0 saturated carbocycles. The van der Waals surface area contributed by atoms with Gasteiger partial charge in [-0.25, -0.2) is 0 Å². The van der Waals surface area contributed by atoms with Gasteiger partial charge in [-0.2, -0.15) is 0 Å². The summed E-state index contributed by atoms with van der Waals surface area (Å²) >= 11 is 0. The monoisotopic (exact) mass is 438 g/mol. The van der Waals surface area contributed by atoms with E-state index in [1.165, 1.54) is 0 Å². The number of fused-ring (bicyclic) bond motifs is 4. The maximum absolute atomic E-state index is 6.34. The van der Waals surface area contributed by atoms with Gasteiger partial charge in [0.15, 0.2) is 0 Å². The molecule has 0 bridgehead atoms. The summed E-state index contributed by atoms with van der Waals surface area (Å²) in [5.74, 6) is 4.98. The molecule has 0 N–H and O–H groups in total. The SMILES string of the molecule is c1ccc(-c2cccc(Oc3ccc4c(c3)B3c5ccccc5Oc5cccc(c53)O4)c2)cc1. The predicted octanol–water partition coefficient (Wildman–Crippen LogP) is 5.87. The van der Waals surface area contributed by atoms with E-state index in [1.807, 2.05) is 72.8 Å². The minimum absolute atomic E-state index is 0.0269. The molecule has 0 amide bonds. The van der Waals surface area contributed by atoms with Crippen molar-refractivity contribution >= 4 is 23.1 Å². The molecule has 160 valence electrons. The van der Waals surface area contributed by atoms with Crippen LogP contribution in [0.2, 0.25) is 0 Å². The molecule has 0 saturated heterocycles. The first kappa shape index (κ1) is 19.1. The Balaban J connectivity index is 1.30. The Bertz CT molecular complexity index is 1530. The van der Waals surface area contributed by atoms with Crippen LogP contribution in [0.1, 0.15) is 0 Å². The summed E-state index contributed by atoms with van der Waals surface area (Å²) in [5.41, 5.74) is 5.56. The Labute approximate surface area is 198 Å². The first-order chi connectivity index (χ1) is 16.8. The minimum Gasteiger partial charge on any atom is -0.458 e. The summed E-state index contributed by atoms with van der Waals surface area (Å²) in [7, 11) is 0. The molecule has 2 aliphatic heterocycles. The van der Waals surface area contributed by atoms with Gasteiger partial charge in [-0.05, 0) is 70.6 Å². The molecule has 0 unspecified atom stereocenters. The highest BCUT2D eigenvalue weighted by atomic mass is 16.5. The molecule has 7 rings (SSSR count). The van der Waals surface area contributed by atoms with E-state index in [4.69, 9.17) is 14.2 Å². The lowest BCUT2D eigenvalue weighted by Crippen LogP contribution is -2.57. The van der Waals surface area contributed by atoms with Crippen LogP contribution in [0.5, 0.6) is 34.5 Å². The number of benzene rings is 5. The van der Waals surface area contributed by atoms with Crippen LogP contribution >= 0.6 is 0 Å². The second-order valence-corrected chi connectivity index (χ2v) is 8.54. The summed E-state index contributed by atoms with van der Waals surface area (Å²) in [5, 5.41) is 0. The molecule has 0 aromatic heterocycles. The van der Waals surface area contributed by atoms with Gasteiger partial charge in [0.25, 0.3) is 6.71 Å². The van der Waals surface area contributed by atoms with E-state index in [9.17, 15) is 0 Å². The molecule has 2 heterocycles. The van der Waals surface area contributed by atoms with Crippen molar-refractivity contribution in [2.75, 3.05) is 0 Å². The van der Waals surface area contributed by atoms with Gasteiger partial charge in [-0.15, -0.1) is 0 Å². The third-order valence-electron chi connectivity index (χ3n) is 6.45. The smallest absolute Gasteiger partial charge is 0.260 e. The number of ether oxygens (including phenoxy) is 3. The molecule has 5 aromatic rings. The maximum atomic E-state index is 6.34. The second-order valence-electron chi connectivity index (χ2n) is 8.54. The number of rotatable bonds is 3. The van der Waals surface area contributed by atoms with Gasteiger partial charge >= 0.3 is 0 Å². The van der Waals surface area contributed by atoms with Crippen molar-refractivity contribution in [3.63, 3.8) is 0 Å². The molecule has 0 aliphatic carbocycles. The van der Waals surface area contributed by atoms with Gasteiger partial charge in [0.1, 0.15) is 34.5 Å². The topological polar surface area (TPSA) is 27.7 Å². The van der Waals surface area contributed by atoms with Crippen LogP contribution in [-0.4, -0.2) is 6.71 Å². The van der Waals surface area contributed by atoms with Crippen LogP contribution in [0.25, 0.3) is 11.1 Å². The third kappa shape index (κ3) is 3.07. The highest BCUT2D eigenvalue weighted by Crippen LogP contribution is 2.35. The van der Waals surface area contributed by atoms with E-state index in [1.54, 1.807) is 0 Å². The Morgan fingerprint density at radius 2 is 1.12 bits per heavy atom. The normalized spacial score (nSPS) is 12.5. The summed E-state index contributed by atoms with van der Waals surface area (Å²) in [6, 6.07) is 38.8. The second kappa shape index (κ2) is 7.56. The van der Waals surface area contributed by atoms with Gasteiger partial charge in [0.2, 0.25) is 0 Å². The van der Waals surface area contributed by atoms with Crippen LogP contribution in [-0.2, 0) is 0 Å². The standard InChI is InChI=1S/C30H19BO3/c1-2-8-20(9-3-1)21-10-6-11-22(18-21)32-23-16-17-27-25(19-23)31-24-12-4-5-13-26(24)33-28-14-7-15-29(34-27)30(28)31/h1-19H. The first-order valence-electron chi connectivity index (χ1n) is 11.4. The van der Waals surface area contributed by atoms with Crippen molar-refractivity contribution in [3.8, 4) is 45.6 Å². The Morgan fingerprint density at radius 3 is 1.97 bits per heavy atom.